The van der Waals surface area contributed by atoms with E-state index in [2.05, 4.69) is 23.5 Å². The highest BCUT2D eigenvalue weighted by Gasteiger charge is 1.92. The van der Waals surface area contributed by atoms with Gasteiger partial charge in [0, 0.05) is 6.54 Å². The van der Waals surface area contributed by atoms with Gasteiger partial charge in [-0.2, -0.15) is 5.26 Å². The van der Waals surface area contributed by atoms with E-state index in [1.54, 1.807) is 0 Å². The molecule has 0 bridgehead atoms. The summed E-state index contributed by atoms with van der Waals surface area (Å²) < 4.78 is 0. The van der Waals surface area contributed by atoms with Crippen molar-refractivity contribution in [3.05, 3.63) is 47.5 Å². The molecule has 0 amide bonds. The van der Waals surface area contributed by atoms with Gasteiger partial charge in [0.2, 0.25) is 0 Å². The first-order chi connectivity index (χ1) is 7.36. The van der Waals surface area contributed by atoms with E-state index in [0.29, 0.717) is 5.56 Å². The van der Waals surface area contributed by atoms with Crippen molar-refractivity contribution in [2.24, 2.45) is 0 Å². The molecule has 0 spiro atoms. The lowest BCUT2D eigenvalue weighted by molar-refractivity contribution is 0.695. The van der Waals surface area contributed by atoms with Gasteiger partial charge < -0.3 is 5.32 Å². The molecule has 15 heavy (non-hydrogen) atoms. The maximum absolute atomic E-state index is 8.63. The number of nitrogens with one attached hydrogen (secondary N) is 1. The van der Waals surface area contributed by atoms with Crippen molar-refractivity contribution in [1.29, 1.82) is 5.26 Å². The van der Waals surface area contributed by atoms with Gasteiger partial charge in [-0.1, -0.05) is 24.3 Å². The van der Waals surface area contributed by atoms with Gasteiger partial charge in [-0.25, -0.2) is 0 Å². The van der Waals surface area contributed by atoms with Crippen molar-refractivity contribution in [3.63, 3.8) is 0 Å². The summed E-state index contributed by atoms with van der Waals surface area (Å²) in [6.07, 6.45) is 5.27. The van der Waals surface area contributed by atoms with Crippen LogP contribution in [0.4, 0.5) is 0 Å². The van der Waals surface area contributed by atoms with Crippen LogP contribution in [0.1, 0.15) is 24.5 Å². The minimum absolute atomic E-state index is 0.715. The average molecular weight is 200 g/mol. The maximum atomic E-state index is 8.63. The second kappa shape index (κ2) is 6.80. The third-order valence-corrected chi connectivity index (χ3v) is 2.14. The minimum atomic E-state index is 0.715. The van der Waals surface area contributed by atoms with Crippen LogP contribution in [0.3, 0.4) is 0 Å². The molecule has 0 unspecified atom stereocenters. The van der Waals surface area contributed by atoms with E-state index in [-0.39, 0.29) is 0 Å². The van der Waals surface area contributed by atoms with Crippen LogP contribution in [0.2, 0.25) is 0 Å². The molecule has 2 heteroatoms. The Hall–Kier alpha value is -1.59. The monoisotopic (exact) mass is 200 g/mol. The Kier molecular flexibility index (Phi) is 5.21. The van der Waals surface area contributed by atoms with E-state index >= 15 is 0 Å². The molecule has 0 aliphatic heterocycles. The zero-order valence-electron chi connectivity index (χ0n) is 9.03. The van der Waals surface area contributed by atoms with Crippen LogP contribution >= 0.6 is 0 Å². The van der Waals surface area contributed by atoms with Crippen LogP contribution in [0.5, 0.6) is 0 Å². The number of rotatable bonds is 5. The Bertz CT molecular complexity index is 344. The highest BCUT2D eigenvalue weighted by atomic mass is 14.8. The highest BCUT2D eigenvalue weighted by molar-refractivity contribution is 5.31. The summed E-state index contributed by atoms with van der Waals surface area (Å²) in [6.45, 7) is 3.88. The number of hydrogen-bond acceptors (Lipinski definition) is 2. The molecule has 0 aromatic heterocycles. The van der Waals surface area contributed by atoms with Crippen molar-refractivity contribution in [2.45, 2.75) is 19.9 Å². The van der Waals surface area contributed by atoms with E-state index in [9.17, 15) is 0 Å². The Labute approximate surface area is 91.2 Å². The fraction of sp³-hybridized carbons (Fsp3) is 0.308. The molecular weight excluding hydrogens is 184 g/mol. The van der Waals surface area contributed by atoms with Crippen LogP contribution in [0.25, 0.3) is 0 Å². The van der Waals surface area contributed by atoms with E-state index in [1.807, 2.05) is 31.2 Å². The normalized spacial score (nSPS) is 10.4. The predicted octanol–water partition coefficient (Wildman–Crippen LogP) is 2.61. The fourth-order valence-corrected chi connectivity index (χ4v) is 1.28. The highest BCUT2D eigenvalue weighted by Crippen LogP contribution is 2.02. The Morgan fingerprint density at radius 2 is 2.07 bits per heavy atom. The van der Waals surface area contributed by atoms with Crippen LogP contribution in [0.15, 0.2) is 36.4 Å². The number of benzene rings is 1. The molecule has 1 aromatic carbocycles. The molecule has 1 aromatic rings. The summed E-state index contributed by atoms with van der Waals surface area (Å²) in [5.74, 6) is 0. The van der Waals surface area contributed by atoms with Crippen molar-refractivity contribution in [2.75, 3.05) is 6.54 Å². The zero-order valence-corrected chi connectivity index (χ0v) is 9.03. The number of allylic oxidation sites excluding steroid dienone is 1. The lowest BCUT2D eigenvalue weighted by Gasteiger charge is -2.02. The molecule has 78 valence electrons. The van der Waals surface area contributed by atoms with Crippen LogP contribution in [-0.4, -0.2) is 6.54 Å². The molecule has 0 radical (unpaired) electrons. The number of nitrogens with zero attached hydrogens (tertiary/aromatic N) is 1. The number of hydrogen-bond donors (Lipinski definition) is 1. The van der Waals surface area contributed by atoms with Crippen LogP contribution < -0.4 is 5.32 Å². The molecule has 0 aliphatic carbocycles. The SMILES string of the molecule is C/C=C/CCNCc1ccc(C#N)cc1. The van der Waals surface area contributed by atoms with Gasteiger partial charge in [0.25, 0.3) is 0 Å². The van der Waals surface area contributed by atoms with Gasteiger partial charge in [-0.15, -0.1) is 0 Å². The molecule has 0 fully saturated rings. The first kappa shape index (κ1) is 11.5. The summed E-state index contributed by atoms with van der Waals surface area (Å²) in [4.78, 5) is 0. The smallest absolute Gasteiger partial charge is 0.0991 e. The van der Waals surface area contributed by atoms with E-state index in [0.717, 1.165) is 19.5 Å². The van der Waals surface area contributed by atoms with Crippen molar-refractivity contribution >= 4 is 0 Å². The molecular formula is C13H16N2. The largest absolute Gasteiger partial charge is 0.312 e. The topological polar surface area (TPSA) is 35.8 Å². The van der Waals surface area contributed by atoms with Gasteiger partial charge in [0.15, 0.2) is 0 Å². The van der Waals surface area contributed by atoms with Gasteiger partial charge in [-0.3, -0.25) is 0 Å². The lowest BCUT2D eigenvalue weighted by Crippen LogP contribution is -2.13. The summed E-state index contributed by atoms with van der Waals surface area (Å²) >= 11 is 0. The second-order valence-electron chi connectivity index (χ2n) is 3.34. The van der Waals surface area contributed by atoms with Gasteiger partial charge in [0.1, 0.15) is 0 Å². The van der Waals surface area contributed by atoms with E-state index in [4.69, 9.17) is 5.26 Å². The Balaban J connectivity index is 2.29. The molecule has 0 heterocycles. The van der Waals surface area contributed by atoms with Crippen LogP contribution in [-0.2, 0) is 6.54 Å². The molecule has 2 nitrogen and oxygen atoms in total. The van der Waals surface area contributed by atoms with Crippen molar-refractivity contribution in [1.82, 2.24) is 5.32 Å². The van der Waals surface area contributed by atoms with E-state index < -0.39 is 0 Å². The third kappa shape index (κ3) is 4.44. The Morgan fingerprint density at radius 3 is 2.67 bits per heavy atom. The van der Waals surface area contributed by atoms with Gasteiger partial charge >= 0.3 is 0 Å². The van der Waals surface area contributed by atoms with Crippen molar-refractivity contribution < 1.29 is 0 Å². The van der Waals surface area contributed by atoms with E-state index in [1.165, 1.54) is 5.56 Å². The predicted molar refractivity (Wildman–Crippen MR) is 62.3 cm³/mol. The minimum Gasteiger partial charge on any atom is -0.312 e. The first-order valence-electron chi connectivity index (χ1n) is 5.17. The summed E-state index contributed by atoms with van der Waals surface area (Å²) in [5.41, 5.74) is 1.93. The Morgan fingerprint density at radius 1 is 1.33 bits per heavy atom. The maximum Gasteiger partial charge on any atom is 0.0991 e. The van der Waals surface area contributed by atoms with Crippen molar-refractivity contribution in [3.8, 4) is 6.07 Å². The molecule has 0 atom stereocenters. The molecule has 0 aliphatic rings. The van der Waals surface area contributed by atoms with Crippen LogP contribution in [0, 0.1) is 11.3 Å². The summed E-state index contributed by atoms with van der Waals surface area (Å²) in [5, 5.41) is 12.0. The fourth-order valence-electron chi connectivity index (χ4n) is 1.28. The van der Waals surface area contributed by atoms with Gasteiger partial charge in [-0.05, 0) is 37.6 Å². The number of nitriles is 1. The zero-order chi connectivity index (χ0) is 10.9. The quantitative estimate of drug-likeness (QED) is 0.586. The first-order valence-corrected chi connectivity index (χ1v) is 5.17. The average Bonchev–Trinajstić information content (AvgIpc) is 2.30. The molecule has 0 saturated carbocycles. The standard InChI is InChI=1S/C13H16N2/c1-2-3-4-9-15-11-13-7-5-12(10-14)6-8-13/h2-3,5-8,15H,4,9,11H2,1H3/b3-2+. The summed E-state index contributed by atoms with van der Waals surface area (Å²) in [7, 11) is 0. The molecule has 0 saturated heterocycles. The second-order valence-corrected chi connectivity index (χ2v) is 3.34. The van der Waals surface area contributed by atoms with Gasteiger partial charge in [0.05, 0.1) is 11.6 Å². The molecule has 1 rings (SSSR count). The summed E-state index contributed by atoms with van der Waals surface area (Å²) in [6, 6.07) is 9.78. The third-order valence-electron chi connectivity index (χ3n) is 2.14. The lowest BCUT2D eigenvalue weighted by atomic mass is 10.1. The molecule has 1 N–H and O–H groups in total.